The van der Waals surface area contributed by atoms with Gasteiger partial charge in [0.25, 0.3) is 10.0 Å². The lowest BCUT2D eigenvalue weighted by atomic mass is 10.0. The number of halogens is 2. The molecule has 1 N–H and O–H groups in total. The van der Waals surface area contributed by atoms with E-state index in [0.29, 0.717) is 6.54 Å². The number of hydrogen-bond donors (Lipinski definition) is 1. The molecule has 0 bridgehead atoms. The molecule has 0 spiro atoms. The highest BCUT2D eigenvalue weighted by Gasteiger charge is 2.34. The topological polar surface area (TPSA) is 86.8 Å². The standard InChI is InChI=1S/C36H39Cl2N3O4S/c1-4-5-20-39-36(43)34(22-28-11-7-6-8-12-28)40(24-29-13-9-10-27(3)21-29)35(42)25-41(30-16-19-32(37)33(38)23-30)46(44,45)31-17-14-26(2)15-18-31/h6-19,21,23,34H,4-5,20,22,24-25H2,1-3H3,(H,39,43)/t34-/m1/s1. The summed E-state index contributed by atoms with van der Waals surface area (Å²) in [5, 5.41) is 3.39. The number of amides is 2. The highest BCUT2D eigenvalue weighted by molar-refractivity contribution is 7.92. The number of carbonyl (C=O) groups excluding carboxylic acids is 2. The van der Waals surface area contributed by atoms with Crippen LogP contribution in [-0.2, 0) is 32.6 Å². The Labute approximate surface area is 282 Å². The molecule has 46 heavy (non-hydrogen) atoms. The van der Waals surface area contributed by atoms with E-state index >= 15 is 0 Å². The van der Waals surface area contributed by atoms with Gasteiger partial charge in [0.2, 0.25) is 11.8 Å². The molecule has 4 rings (SSSR count). The van der Waals surface area contributed by atoms with Gasteiger partial charge in [0.05, 0.1) is 20.6 Å². The van der Waals surface area contributed by atoms with Crippen LogP contribution in [0.25, 0.3) is 0 Å². The fraction of sp³-hybridized carbons (Fsp3) is 0.278. The van der Waals surface area contributed by atoms with E-state index in [4.69, 9.17) is 23.2 Å². The number of benzene rings is 4. The molecule has 0 radical (unpaired) electrons. The van der Waals surface area contributed by atoms with Gasteiger partial charge < -0.3 is 10.2 Å². The maximum atomic E-state index is 14.5. The summed E-state index contributed by atoms with van der Waals surface area (Å²) in [6.45, 7) is 5.83. The summed E-state index contributed by atoms with van der Waals surface area (Å²) < 4.78 is 29.4. The maximum absolute atomic E-state index is 14.5. The van der Waals surface area contributed by atoms with E-state index in [1.54, 1.807) is 12.1 Å². The van der Waals surface area contributed by atoms with Crippen LogP contribution in [0.5, 0.6) is 0 Å². The smallest absolute Gasteiger partial charge is 0.264 e. The van der Waals surface area contributed by atoms with Crippen LogP contribution in [0, 0.1) is 13.8 Å². The summed E-state index contributed by atoms with van der Waals surface area (Å²) in [5.41, 5.74) is 3.74. The number of hydrogen-bond acceptors (Lipinski definition) is 4. The van der Waals surface area contributed by atoms with Gasteiger partial charge in [0, 0.05) is 19.5 Å². The minimum Gasteiger partial charge on any atom is -0.354 e. The zero-order valence-electron chi connectivity index (χ0n) is 26.2. The molecule has 0 heterocycles. The third kappa shape index (κ3) is 9.12. The molecule has 0 aliphatic carbocycles. The molecule has 0 aliphatic rings. The molecule has 4 aromatic carbocycles. The van der Waals surface area contributed by atoms with Gasteiger partial charge >= 0.3 is 0 Å². The van der Waals surface area contributed by atoms with Crippen molar-refractivity contribution in [3.8, 4) is 0 Å². The van der Waals surface area contributed by atoms with Crippen molar-refractivity contribution in [3.63, 3.8) is 0 Å². The Kier molecular flexibility index (Phi) is 12.3. The normalized spacial score (nSPS) is 11.9. The fourth-order valence-corrected chi connectivity index (χ4v) is 6.77. The van der Waals surface area contributed by atoms with Crippen molar-refractivity contribution >= 4 is 50.7 Å². The molecule has 0 saturated carbocycles. The van der Waals surface area contributed by atoms with Crippen LogP contribution in [-0.4, -0.2) is 44.3 Å². The van der Waals surface area contributed by atoms with Gasteiger partial charge in [-0.25, -0.2) is 8.42 Å². The summed E-state index contributed by atoms with van der Waals surface area (Å²) in [4.78, 5) is 29.9. The van der Waals surface area contributed by atoms with Crippen molar-refractivity contribution in [1.29, 1.82) is 0 Å². The predicted molar refractivity (Wildman–Crippen MR) is 186 cm³/mol. The van der Waals surface area contributed by atoms with Gasteiger partial charge in [0.1, 0.15) is 12.6 Å². The van der Waals surface area contributed by atoms with Crippen LogP contribution in [0.1, 0.15) is 42.0 Å². The van der Waals surface area contributed by atoms with E-state index in [9.17, 15) is 18.0 Å². The highest BCUT2D eigenvalue weighted by Crippen LogP contribution is 2.31. The number of anilines is 1. The zero-order valence-corrected chi connectivity index (χ0v) is 28.6. The van der Waals surface area contributed by atoms with Gasteiger partial charge in [0.15, 0.2) is 0 Å². The van der Waals surface area contributed by atoms with Crippen LogP contribution in [0.4, 0.5) is 5.69 Å². The number of nitrogens with one attached hydrogen (secondary N) is 1. The first kappa shape index (κ1) is 35.0. The molecular formula is C36H39Cl2N3O4S. The van der Waals surface area contributed by atoms with E-state index in [1.165, 1.54) is 35.2 Å². The number of rotatable bonds is 14. The van der Waals surface area contributed by atoms with Crippen LogP contribution in [0.2, 0.25) is 10.0 Å². The van der Waals surface area contributed by atoms with Crippen molar-refractivity contribution < 1.29 is 18.0 Å². The minimum absolute atomic E-state index is 0.0142. The molecule has 0 saturated heterocycles. The molecule has 0 aliphatic heterocycles. The molecule has 7 nitrogen and oxygen atoms in total. The Balaban J connectivity index is 1.81. The Morgan fingerprint density at radius 3 is 2.15 bits per heavy atom. The minimum atomic E-state index is -4.25. The van der Waals surface area contributed by atoms with E-state index in [0.717, 1.165) is 39.4 Å². The lowest BCUT2D eigenvalue weighted by Gasteiger charge is -2.34. The second-order valence-corrected chi connectivity index (χ2v) is 14.0. The molecular weight excluding hydrogens is 641 g/mol. The van der Waals surface area contributed by atoms with Gasteiger partial charge in [-0.2, -0.15) is 0 Å². The van der Waals surface area contributed by atoms with Crippen molar-refractivity contribution in [1.82, 2.24) is 10.2 Å². The SMILES string of the molecule is CCCCNC(=O)[C@@H](Cc1ccccc1)N(Cc1cccc(C)c1)C(=O)CN(c1ccc(Cl)c(Cl)c1)S(=O)(=O)c1ccc(C)cc1. The Morgan fingerprint density at radius 1 is 0.804 bits per heavy atom. The Hall–Kier alpha value is -3.85. The van der Waals surface area contributed by atoms with Gasteiger partial charge in [-0.05, 0) is 61.7 Å². The van der Waals surface area contributed by atoms with Crippen molar-refractivity contribution in [3.05, 3.63) is 129 Å². The summed E-state index contributed by atoms with van der Waals surface area (Å²) in [6.07, 6.45) is 1.93. The van der Waals surface area contributed by atoms with Crippen LogP contribution >= 0.6 is 23.2 Å². The molecule has 4 aromatic rings. The third-order valence-corrected chi connectivity index (χ3v) is 10.1. The van der Waals surface area contributed by atoms with Crippen molar-refractivity contribution in [2.75, 3.05) is 17.4 Å². The molecule has 10 heteroatoms. The van der Waals surface area contributed by atoms with Crippen LogP contribution < -0.4 is 9.62 Å². The monoisotopic (exact) mass is 679 g/mol. The summed E-state index contributed by atoms with van der Waals surface area (Å²) in [5.74, 6) is -0.851. The molecule has 0 aromatic heterocycles. The predicted octanol–water partition coefficient (Wildman–Crippen LogP) is 7.36. The Morgan fingerprint density at radius 2 is 1.50 bits per heavy atom. The Bertz CT molecular complexity index is 1750. The first-order chi connectivity index (χ1) is 22.0. The molecule has 0 unspecified atom stereocenters. The van der Waals surface area contributed by atoms with Crippen LogP contribution in [0.3, 0.4) is 0 Å². The summed E-state index contributed by atoms with van der Waals surface area (Å²) in [7, 11) is -4.25. The van der Waals surface area contributed by atoms with Gasteiger partial charge in [-0.1, -0.05) is 114 Å². The lowest BCUT2D eigenvalue weighted by molar-refractivity contribution is -0.140. The average Bonchev–Trinajstić information content (AvgIpc) is 3.03. The molecule has 0 fully saturated rings. The number of nitrogens with zero attached hydrogens (tertiary/aromatic N) is 2. The average molecular weight is 681 g/mol. The maximum Gasteiger partial charge on any atom is 0.264 e. The number of carbonyl (C=O) groups is 2. The summed E-state index contributed by atoms with van der Waals surface area (Å²) in [6, 6.07) is 27.1. The second-order valence-electron chi connectivity index (χ2n) is 11.3. The van der Waals surface area contributed by atoms with Gasteiger partial charge in [-0.15, -0.1) is 0 Å². The number of unbranched alkanes of at least 4 members (excludes halogenated alkanes) is 1. The van der Waals surface area contributed by atoms with E-state index < -0.39 is 28.5 Å². The fourth-order valence-electron chi connectivity index (χ4n) is 5.07. The largest absolute Gasteiger partial charge is 0.354 e. The lowest BCUT2D eigenvalue weighted by Crippen LogP contribution is -2.53. The molecule has 1 atom stereocenters. The second kappa shape index (κ2) is 16.1. The summed E-state index contributed by atoms with van der Waals surface area (Å²) >= 11 is 12.5. The number of aryl methyl sites for hydroxylation is 2. The highest BCUT2D eigenvalue weighted by atomic mass is 35.5. The van der Waals surface area contributed by atoms with Crippen molar-refractivity contribution in [2.45, 2.75) is 57.5 Å². The van der Waals surface area contributed by atoms with E-state index in [-0.39, 0.29) is 39.5 Å². The van der Waals surface area contributed by atoms with Crippen molar-refractivity contribution in [2.24, 2.45) is 0 Å². The molecule has 242 valence electrons. The third-order valence-electron chi connectivity index (χ3n) is 7.62. The first-order valence-electron chi connectivity index (χ1n) is 15.2. The molecule has 2 amide bonds. The van der Waals surface area contributed by atoms with Crippen LogP contribution in [0.15, 0.2) is 102 Å². The van der Waals surface area contributed by atoms with E-state index in [1.807, 2.05) is 75.4 Å². The van der Waals surface area contributed by atoms with E-state index in [2.05, 4.69) is 5.32 Å². The quantitative estimate of drug-likeness (QED) is 0.141. The first-order valence-corrected chi connectivity index (χ1v) is 17.4. The van der Waals surface area contributed by atoms with Gasteiger partial charge in [-0.3, -0.25) is 13.9 Å². The zero-order chi connectivity index (χ0) is 33.3. The number of sulfonamides is 1.